The highest BCUT2D eigenvalue weighted by molar-refractivity contribution is 6.19. The van der Waals surface area contributed by atoms with Gasteiger partial charge in [0.15, 0.2) is 0 Å². The lowest BCUT2D eigenvalue weighted by atomic mass is 9.72. The van der Waals surface area contributed by atoms with Crippen molar-refractivity contribution in [2.24, 2.45) is 0 Å². The van der Waals surface area contributed by atoms with Crippen LogP contribution in [0, 0.1) is 0 Å². The Kier molecular flexibility index (Phi) is 17.0. The van der Waals surface area contributed by atoms with Gasteiger partial charge in [-0.05, 0) is 212 Å². The molecule has 0 amide bonds. The maximum atomic E-state index is 2.74. The summed E-state index contributed by atoms with van der Waals surface area (Å²) in [7, 11) is 0. The Hall–Kier alpha value is -10.9. The van der Waals surface area contributed by atoms with Crippen LogP contribution < -0.4 is 9.80 Å². The SMILES string of the molecule is CC(C)(C)c1cccc(-c2ccc3c(c2)C2c4ccc(-c5cc(C(C)(C)C)cc(C(C)(C)C)c5)cc4N(c4cccc5c6cccc(-n7c8ccc(C(C)(C)C)cc8c8cc(C(C)(C)C)ccc87)c6n(-c6ccccc6)c45)c4cc(C(C)(C)C)cc(c42)N3c2c(-c3ccccc3)cc(C(C)(C)C)cc2-c2ccccc2)c1. The molecule has 2 aliphatic rings. The van der Waals surface area contributed by atoms with E-state index in [1.807, 2.05) is 0 Å². The van der Waals surface area contributed by atoms with Crippen LogP contribution in [0.1, 0.15) is 207 Å². The summed E-state index contributed by atoms with van der Waals surface area (Å²) in [6.07, 6.45) is 0. The zero-order chi connectivity index (χ0) is 78.1. The summed E-state index contributed by atoms with van der Waals surface area (Å²) in [6, 6.07) is 104. The van der Waals surface area contributed by atoms with Crippen molar-refractivity contribution >= 4 is 77.7 Å². The minimum atomic E-state index is -0.316. The first-order chi connectivity index (χ1) is 52.5. The largest absolute Gasteiger partial charge is 0.309 e. The van der Waals surface area contributed by atoms with Gasteiger partial charge in [-0.15, -0.1) is 0 Å². The molecular weight excluding hydrogens is 1340 g/mol. The normalized spacial score (nSPS) is 14.2. The van der Waals surface area contributed by atoms with E-state index in [-0.39, 0.29) is 43.8 Å². The molecule has 111 heavy (non-hydrogen) atoms. The highest BCUT2D eigenvalue weighted by Gasteiger charge is 2.45. The van der Waals surface area contributed by atoms with E-state index in [2.05, 4.69) is 431 Å². The lowest BCUT2D eigenvalue weighted by molar-refractivity contribution is 0.569. The average Bonchev–Trinajstić information content (AvgIpc) is 1.49. The van der Waals surface area contributed by atoms with Crippen molar-refractivity contribution in [1.29, 1.82) is 0 Å². The second-order valence-electron chi connectivity index (χ2n) is 39.2. The van der Waals surface area contributed by atoms with Gasteiger partial charge >= 0.3 is 0 Å². The average molecular weight is 1450 g/mol. The van der Waals surface area contributed by atoms with Crippen LogP contribution in [0.2, 0.25) is 0 Å². The molecule has 0 spiro atoms. The molecule has 0 N–H and O–H groups in total. The van der Waals surface area contributed by atoms with E-state index in [9.17, 15) is 0 Å². The smallest absolute Gasteiger partial charge is 0.0783 e. The molecule has 0 saturated carbocycles. The molecule has 4 heteroatoms. The van der Waals surface area contributed by atoms with Gasteiger partial charge in [-0.2, -0.15) is 0 Å². The first-order valence-corrected chi connectivity index (χ1v) is 40.3. The minimum Gasteiger partial charge on any atom is -0.309 e. The Bertz CT molecular complexity index is 6060. The topological polar surface area (TPSA) is 16.3 Å². The summed E-state index contributed by atoms with van der Waals surface area (Å²) in [5.74, 6) is -0.222. The Labute approximate surface area is 660 Å². The summed E-state index contributed by atoms with van der Waals surface area (Å²) in [6.45, 7) is 49.5. The fourth-order valence-corrected chi connectivity index (χ4v) is 17.6. The predicted octanol–water partition coefficient (Wildman–Crippen LogP) is 30.4. The molecule has 0 fully saturated rings. The van der Waals surface area contributed by atoms with Crippen molar-refractivity contribution < 1.29 is 0 Å². The standard InChI is InChI=1S/C107H108N4/c1-101(2,3)72-39-31-38-68(54-72)69-47-51-90-87(57-69)96-82-50-46-70(71-55-75(104(10,11)12)59-76(56-71)105(13,14)15)58-93(82)110(94-64-78(107(19,20)21)65-95(97(94)96)111(90)98-83(66-34-25-22-26-35-66)62-77(106(16,17)18)63-84(98)67-36-27-23-28-37-67)92-45-33-43-81-80-42-32-44-91(99(80)108(100(81)92)79-40-29-24-30-41-79)109-88-52-48-73(102(4,5)6)60-85(88)86-61-74(103(7,8)9)49-53-89(86)109/h22-65,96H,1-21H3. The van der Waals surface area contributed by atoms with Gasteiger partial charge in [-0.1, -0.05) is 321 Å². The number of rotatable bonds is 8. The zero-order valence-corrected chi connectivity index (χ0v) is 69.3. The van der Waals surface area contributed by atoms with E-state index in [0.29, 0.717) is 0 Å². The predicted molar refractivity (Wildman–Crippen MR) is 478 cm³/mol. The van der Waals surface area contributed by atoms with E-state index >= 15 is 0 Å². The van der Waals surface area contributed by atoms with Gasteiger partial charge in [-0.25, -0.2) is 0 Å². The third-order valence-corrected chi connectivity index (χ3v) is 24.1. The molecule has 0 radical (unpaired) electrons. The molecular formula is C107H108N4. The van der Waals surface area contributed by atoms with Crippen LogP contribution in [0.25, 0.3) is 99.5 Å². The van der Waals surface area contributed by atoms with E-state index in [1.54, 1.807) is 0 Å². The maximum absolute atomic E-state index is 2.74. The van der Waals surface area contributed by atoms with E-state index < -0.39 is 0 Å². The zero-order valence-electron chi connectivity index (χ0n) is 69.3. The molecule has 0 bridgehead atoms. The summed E-state index contributed by atoms with van der Waals surface area (Å²) < 4.78 is 5.21. The van der Waals surface area contributed by atoms with Crippen molar-refractivity contribution in [3.63, 3.8) is 0 Å². The monoisotopic (exact) mass is 1450 g/mol. The van der Waals surface area contributed by atoms with Gasteiger partial charge in [0.1, 0.15) is 0 Å². The van der Waals surface area contributed by atoms with Crippen molar-refractivity contribution in [2.45, 2.75) is 189 Å². The second-order valence-corrected chi connectivity index (χ2v) is 39.2. The van der Waals surface area contributed by atoms with Gasteiger partial charge in [-0.3, -0.25) is 0 Å². The van der Waals surface area contributed by atoms with Gasteiger partial charge in [0, 0.05) is 49.8 Å². The second kappa shape index (κ2) is 25.8. The highest BCUT2D eigenvalue weighted by Crippen LogP contribution is 2.65. The van der Waals surface area contributed by atoms with Crippen LogP contribution in [0.5, 0.6) is 0 Å². The molecule has 1 atom stereocenters. The van der Waals surface area contributed by atoms with Crippen molar-refractivity contribution in [1.82, 2.24) is 9.13 Å². The number of anilines is 6. The van der Waals surface area contributed by atoms with Gasteiger partial charge in [0.05, 0.1) is 61.9 Å². The minimum absolute atomic E-state index is 0.0527. The van der Waals surface area contributed by atoms with E-state index in [1.165, 1.54) is 150 Å². The molecule has 556 valence electrons. The number of benzene rings is 13. The molecule has 13 aromatic carbocycles. The summed E-state index contributed by atoms with van der Waals surface area (Å²) in [5, 5.41) is 4.90. The van der Waals surface area contributed by atoms with Crippen LogP contribution in [-0.4, -0.2) is 9.13 Å². The molecule has 4 nitrogen and oxygen atoms in total. The van der Waals surface area contributed by atoms with Crippen LogP contribution >= 0.6 is 0 Å². The molecule has 0 saturated heterocycles. The number of fused-ring (bicyclic) bond motifs is 10. The quantitative estimate of drug-likeness (QED) is 0.151. The first kappa shape index (κ1) is 72.9. The molecule has 0 aliphatic carbocycles. The molecule has 1 unspecified atom stereocenters. The van der Waals surface area contributed by atoms with E-state index in [4.69, 9.17) is 0 Å². The van der Waals surface area contributed by atoms with Crippen LogP contribution in [0.4, 0.5) is 34.1 Å². The van der Waals surface area contributed by atoms with Crippen LogP contribution in [-0.2, 0) is 37.9 Å². The van der Waals surface area contributed by atoms with Crippen LogP contribution in [0.3, 0.4) is 0 Å². The molecule has 2 aliphatic heterocycles. The molecule has 4 heterocycles. The lowest BCUT2D eigenvalue weighted by Crippen LogP contribution is -2.31. The van der Waals surface area contributed by atoms with Crippen molar-refractivity contribution in [2.75, 3.05) is 9.80 Å². The lowest BCUT2D eigenvalue weighted by Gasteiger charge is -2.47. The van der Waals surface area contributed by atoms with Crippen molar-refractivity contribution in [3.05, 3.63) is 323 Å². The highest BCUT2D eigenvalue weighted by atomic mass is 15.2. The molecule has 15 aromatic rings. The van der Waals surface area contributed by atoms with Gasteiger partial charge in [0.25, 0.3) is 0 Å². The number of nitrogens with zero attached hydrogens (tertiary/aromatic N) is 4. The summed E-state index contributed by atoms with van der Waals surface area (Å²) in [5.41, 5.74) is 35.4. The maximum Gasteiger partial charge on any atom is 0.0783 e. The fourth-order valence-electron chi connectivity index (χ4n) is 17.6. The molecule has 2 aromatic heterocycles. The Balaban J connectivity index is 1.05. The fraction of sp³-hybridized carbons (Fsp3) is 0.271. The molecule has 17 rings (SSSR count). The van der Waals surface area contributed by atoms with Crippen LogP contribution in [0.15, 0.2) is 267 Å². The number of hydrogen-bond donors (Lipinski definition) is 0. The first-order valence-electron chi connectivity index (χ1n) is 40.3. The number of para-hydroxylation sites is 3. The van der Waals surface area contributed by atoms with Gasteiger partial charge < -0.3 is 18.9 Å². The third kappa shape index (κ3) is 12.5. The van der Waals surface area contributed by atoms with Gasteiger partial charge in [0.2, 0.25) is 0 Å². The Morgan fingerprint density at radius 2 is 0.640 bits per heavy atom. The summed E-state index contributed by atoms with van der Waals surface area (Å²) in [4.78, 5) is 5.47. The van der Waals surface area contributed by atoms with E-state index in [0.717, 1.165) is 39.5 Å². The Morgan fingerprint density at radius 1 is 0.225 bits per heavy atom. The number of hydrogen-bond acceptors (Lipinski definition) is 2. The summed E-state index contributed by atoms with van der Waals surface area (Å²) >= 11 is 0. The number of aromatic nitrogens is 2. The Morgan fingerprint density at radius 3 is 1.16 bits per heavy atom. The third-order valence-electron chi connectivity index (χ3n) is 24.1. The van der Waals surface area contributed by atoms with Crippen molar-refractivity contribution in [3.8, 4) is 55.9 Å².